The fourth-order valence-corrected chi connectivity index (χ4v) is 1.57. The van der Waals surface area contributed by atoms with Crippen LogP contribution in [0.3, 0.4) is 0 Å². The van der Waals surface area contributed by atoms with Crippen molar-refractivity contribution in [2.45, 2.75) is 19.9 Å². The molecule has 0 amide bonds. The van der Waals surface area contributed by atoms with E-state index in [1.807, 2.05) is 6.07 Å². The number of aryl methyl sites for hydroxylation is 1. The van der Waals surface area contributed by atoms with Gasteiger partial charge in [0.1, 0.15) is 0 Å². The molecule has 2 nitrogen and oxygen atoms in total. The molecule has 0 aliphatic heterocycles. The highest BCUT2D eigenvalue weighted by molar-refractivity contribution is 5.28. The van der Waals surface area contributed by atoms with Gasteiger partial charge < -0.3 is 10.6 Å². The molecule has 0 spiro atoms. The van der Waals surface area contributed by atoms with Crippen molar-refractivity contribution in [3.8, 4) is 0 Å². The number of benzene rings is 1. The zero-order chi connectivity index (χ0) is 10.6. The van der Waals surface area contributed by atoms with Gasteiger partial charge in [-0.1, -0.05) is 31.2 Å². The quantitative estimate of drug-likeness (QED) is 0.790. The number of hydrogen-bond acceptors (Lipinski definition) is 2. The molecule has 0 heterocycles. The second-order valence-electron chi connectivity index (χ2n) is 3.82. The molecule has 14 heavy (non-hydrogen) atoms. The van der Waals surface area contributed by atoms with Gasteiger partial charge in [-0.15, -0.1) is 0 Å². The topological polar surface area (TPSA) is 29.3 Å². The maximum atomic E-state index is 6.13. The molecule has 0 aromatic heterocycles. The van der Waals surface area contributed by atoms with Crippen molar-refractivity contribution in [2.24, 2.45) is 5.73 Å². The van der Waals surface area contributed by atoms with Gasteiger partial charge in [-0.3, -0.25) is 0 Å². The third-order valence-corrected chi connectivity index (χ3v) is 2.64. The molecule has 0 bridgehead atoms. The summed E-state index contributed by atoms with van der Waals surface area (Å²) in [5.41, 5.74) is 8.67. The van der Waals surface area contributed by atoms with Gasteiger partial charge in [-0.25, -0.2) is 0 Å². The minimum Gasteiger partial charge on any atom is -0.323 e. The van der Waals surface area contributed by atoms with Gasteiger partial charge >= 0.3 is 0 Å². The van der Waals surface area contributed by atoms with E-state index in [9.17, 15) is 0 Å². The van der Waals surface area contributed by atoms with Crippen LogP contribution < -0.4 is 5.73 Å². The molecule has 0 fully saturated rings. The molecule has 0 aliphatic carbocycles. The third-order valence-electron chi connectivity index (χ3n) is 2.64. The predicted octanol–water partition coefficient (Wildman–Crippen LogP) is 1.95. The lowest BCUT2D eigenvalue weighted by Crippen LogP contribution is -2.29. The van der Waals surface area contributed by atoms with Gasteiger partial charge in [0.2, 0.25) is 0 Å². The lowest BCUT2D eigenvalue weighted by molar-refractivity contribution is 0.328. The van der Waals surface area contributed by atoms with Gasteiger partial charge in [0.25, 0.3) is 0 Å². The second kappa shape index (κ2) is 5.13. The minimum atomic E-state index is 0.126. The maximum absolute atomic E-state index is 6.13. The molecule has 1 rings (SSSR count). The highest BCUT2D eigenvalue weighted by Crippen LogP contribution is 2.15. The van der Waals surface area contributed by atoms with Crippen LogP contribution in [0.2, 0.25) is 0 Å². The molecule has 78 valence electrons. The highest BCUT2D eigenvalue weighted by atomic mass is 15.1. The number of nitrogens with two attached hydrogens (primary N) is 1. The van der Waals surface area contributed by atoms with Gasteiger partial charge in [0.05, 0.1) is 0 Å². The Labute approximate surface area is 86.7 Å². The normalized spacial score (nSPS) is 13.2. The van der Waals surface area contributed by atoms with Gasteiger partial charge in [-0.05, 0) is 31.6 Å². The molecular weight excluding hydrogens is 172 g/mol. The highest BCUT2D eigenvalue weighted by Gasteiger charge is 2.09. The Morgan fingerprint density at radius 3 is 2.57 bits per heavy atom. The van der Waals surface area contributed by atoms with Crippen LogP contribution in [0.15, 0.2) is 24.3 Å². The summed E-state index contributed by atoms with van der Waals surface area (Å²) in [6.07, 6.45) is 0. The molecule has 0 saturated carbocycles. The molecule has 1 aromatic rings. The summed E-state index contributed by atoms with van der Waals surface area (Å²) >= 11 is 0. The Kier molecular flexibility index (Phi) is 4.11. The van der Waals surface area contributed by atoms with Crippen molar-refractivity contribution in [1.82, 2.24) is 4.90 Å². The SMILES string of the molecule is CCN(C)CC(N)c1ccccc1C. The van der Waals surface area contributed by atoms with Gasteiger partial charge in [0.15, 0.2) is 0 Å². The summed E-state index contributed by atoms with van der Waals surface area (Å²) in [4.78, 5) is 2.23. The largest absolute Gasteiger partial charge is 0.323 e. The Bertz CT molecular complexity index is 283. The van der Waals surface area contributed by atoms with Crippen molar-refractivity contribution >= 4 is 0 Å². The Hall–Kier alpha value is -0.860. The molecule has 1 aromatic carbocycles. The molecule has 0 saturated heterocycles. The average molecular weight is 192 g/mol. The molecule has 1 atom stereocenters. The Morgan fingerprint density at radius 2 is 2.00 bits per heavy atom. The standard InChI is InChI=1S/C12H20N2/c1-4-14(3)9-12(13)11-8-6-5-7-10(11)2/h5-8,12H,4,9,13H2,1-3H3. The Balaban J connectivity index is 2.69. The summed E-state index contributed by atoms with van der Waals surface area (Å²) in [6, 6.07) is 8.45. The van der Waals surface area contributed by atoms with E-state index in [1.165, 1.54) is 11.1 Å². The van der Waals surface area contributed by atoms with Crippen molar-refractivity contribution < 1.29 is 0 Å². The Morgan fingerprint density at radius 1 is 1.36 bits per heavy atom. The van der Waals surface area contributed by atoms with Crippen LogP contribution in [-0.4, -0.2) is 25.0 Å². The second-order valence-corrected chi connectivity index (χ2v) is 3.82. The van der Waals surface area contributed by atoms with Crippen LogP contribution in [0, 0.1) is 6.92 Å². The number of rotatable bonds is 4. The lowest BCUT2D eigenvalue weighted by Gasteiger charge is -2.21. The van der Waals surface area contributed by atoms with Gasteiger partial charge in [-0.2, -0.15) is 0 Å². The number of likely N-dealkylation sites (N-methyl/N-ethyl adjacent to an activating group) is 1. The first-order valence-electron chi connectivity index (χ1n) is 5.14. The summed E-state index contributed by atoms with van der Waals surface area (Å²) in [5.74, 6) is 0. The average Bonchev–Trinajstić information content (AvgIpc) is 2.18. The van der Waals surface area contributed by atoms with E-state index in [4.69, 9.17) is 5.73 Å². The summed E-state index contributed by atoms with van der Waals surface area (Å²) in [5, 5.41) is 0. The van der Waals surface area contributed by atoms with Crippen molar-refractivity contribution in [3.63, 3.8) is 0 Å². The van der Waals surface area contributed by atoms with E-state index < -0.39 is 0 Å². The van der Waals surface area contributed by atoms with E-state index in [0.29, 0.717) is 0 Å². The number of nitrogens with zero attached hydrogens (tertiary/aromatic N) is 1. The van der Waals surface area contributed by atoms with Crippen molar-refractivity contribution in [1.29, 1.82) is 0 Å². The van der Waals surface area contributed by atoms with Crippen LogP contribution in [0.25, 0.3) is 0 Å². The molecule has 1 unspecified atom stereocenters. The number of hydrogen-bond donors (Lipinski definition) is 1. The van der Waals surface area contributed by atoms with E-state index in [2.05, 4.69) is 44.0 Å². The van der Waals surface area contributed by atoms with Crippen LogP contribution in [0.5, 0.6) is 0 Å². The van der Waals surface area contributed by atoms with E-state index in [0.717, 1.165) is 13.1 Å². The first-order chi connectivity index (χ1) is 6.65. The minimum absolute atomic E-state index is 0.126. The fraction of sp³-hybridized carbons (Fsp3) is 0.500. The van der Waals surface area contributed by atoms with E-state index >= 15 is 0 Å². The molecule has 2 heteroatoms. The zero-order valence-electron chi connectivity index (χ0n) is 9.33. The molecule has 0 radical (unpaired) electrons. The molecular formula is C12H20N2. The zero-order valence-corrected chi connectivity index (χ0v) is 9.33. The first-order valence-corrected chi connectivity index (χ1v) is 5.14. The van der Waals surface area contributed by atoms with Crippen molar-refractivity contribution in [3.05, 3.63) is 35.4 Å². The molecule has 2 N–H and O–H groups in total. The van der Waals surface area contributed by atoms with Crippen LogP contribution in [-0.2, 0) is 0 Å². The first kappa shape index (κ1) is 11.2. The third kappa shape index (κ3) is 2.82. The smallest absolute Gasteiger partial charge is 0.0426 e. The fourth-order valence-electron chi connectivity index (χ4n) is 1.57. The predicted molar refractivity (Wildman–Crippen MR) is 61.3 cm³/mol. The van der Waals surface area contributed by atoms with Crippen LogP contribution in [0.1, 0.15) is 24.1 Å². The summed E-state index contributed by atoms with van der Waals surface area (Å²) < 4.78 is 0. The van der Waals surface area contributed by atoms with E-state index in [1.54, 1.807) is 0 Å². The van der Waals surface area contributed by atoms with E-state index in [-0.39, 0.29) is 6.04 Å². The summed E-state index contributed by atoms with van der Waals surface area (Å²) in [7, 11) is 2.10. The molecule has 0 aliphatic rings. The maximum Gasteiger partial charge on any atom is 0.0426 e. The van der Waals surface area contributed by atoms with Crippen LogP contribution in [0.4, 0.5) is 0 Å². The monoisotopic (exact) mass is 192 g/mol. The van der Waals surface area contributed by atoms with Crippen molar-refractivity contribution in [2.75, 3.05) is 20.1 Å². The van der Waals surface area contributed by atoms with Crippen LogP contribution >= 0.6 is 0 Å². The lowest BCUT2D eigenvalue weighted by atomic mass is 10.0. The van der Waals surface area contributed by atoms with Gasteiger partial charge in [0, 0.05) is 12.6 Å². The summed E-state index contributed by atoms with van der Waals surface area (Å²) in [6.45, 7) is 6.21.